The molecule has 0 aromatic carbocycles. The molecule has 4 heterocycles. The second-order valence-corrected chi connectivity index (χ2v) is 7.47. The minimum Gasteiger partial charge on any atom is -0.325 e. The van der Waals surface area contributed by atoms with Gasteiger partial charge in [-0.15, -0.1) is 0 Å². The summed E-state index contributed by atoms with van der Waals surface area (Å²) in [5.74, 6) is -0.342. The molecule has 28 heavy (non-hydrogen) atoms. The number of pyridine rings is 1. The molecular weight excluding hydrogens is 387 g/mol. The first kappa shape index (κ1) is 18.6. The number of carbonyl (C=O) groups is 1. The van der Waals surface area contributed by atoms with Gasteiger partial charge in [0.05, 0.1) is 23.3 Å². The molecule has 1 fully saturated rings. The Bertz CT molecular complexity index is 1030. The van der Waals surface area contributed by atoms with Crippen LogP contribution in [-0.2, 0) is 17.8 Å². The van der Waals surface area contributed by atoms with Crippen LogP contribution in [0.1, 0.15) is 43.2 Å². The van der Waals surface area contributed by atoms with E-state index in [1.165, 1.54) is 10.8 Å². The molecule has 10 heteroatoms. The molecule has 0 spiro atoms. The Labute approximate surface area is 165 Å². The first-order chi connectivity index (χ1) is 13.5. The highest BCUT2D eigenvalue weighted by molar-refractivity contribution is 6.30. The van der Waals surface area contributed by atoms with Gasteiger partial charge < -0.3 is 4.90 Å². The van der Waals surface area contributed by atoms with Gasteiger partial charge in [-0.05, 0) is 31.7 Å². The molecule has 1 saturated heterocycles. The second-order valence-electron chi connectivity index (χ2n) is 7.04. The second kappa shape index (κ2) is 7.36. The van der Waals surface area contributed by atoms with Crippen LogP contribution in [-0.4, -0.2) is 42.7 Å². The zero-order valence-electron chi connectivity index (χ0n) is 15.0. The summed E-state index contributed by atoms with van der Waals surface area (Å²) in [6.07, 6.45) is 4.52. The number of likely N-dealkylation sites (tertiary alicyclic amines) is 1. The zero-order chi connectivity index (χ0) is 19.8. The molecule has 0 unspecified atom stereocenters. The van der Waals surface area contributed by atoms with Gasteiger partial charge in [0.1, 0.15) is 23.7 Å². The Hall–Kier alpha value is -2.73. The molecule has 0 N–H and O–H groups in total. The van der Waals surface area contributed by atoms with E-state index in [0.717, 1.165) is 17.2 Å². The number of carbonyl (C=O) groups excluding carboxylic acids is 1. The van der Waals surface area contributed by atoms with E-state index < -0.39 is 23.6 Å². The van der Waals surface area contributed by atoms with E-state index in [2.05, 4.69) is 16.2 Å². The van der Waals surface area contributed by atoms with E-state index in [9.17, 15) is 19.2 Å². The molecule has 0 radical (unpaired) electrons. The van der Waals surface area contributed by atoms with E-state index in [-0.39, 0.29) is 23.2 Å². The number of halogens is 2. The molecule has 2 aromatic heterocycles. The first-order valence-corrected chi connectivity index (χ1v) is 9.55. The van der Waals surface area contributed by atoms with E-state index in [1.54, 1.807) is 4.90 Å². The lowest BCUT2D eigenvalue weighted by atomic mass is 10.0. The van der Waals surface area contributed by atoms with Crippen LogP contribution in [0.2, 0.25) is 5.02 Å². The molecule has 2 atom stereocenters. The average molecular weight is 405 g/mol. The van der Waals surface area contributed by atoms with Gasteiger partial charge in [0.15, 0.2) is 0 Å². The molecule has 2 aromatic rings. The van der Waals surface area contributed by atoms with Crippen LogP contribution >= 0.6 is 11.6 Å². The van der Waals surface area contributed by atoms with Crippen molar-refractivity contribution in [1.29, 1.82) is 5.26 Å². The molecule has 0 aliphatic carbocycles. The number of rotatable bonds is 3. The molecule has 146 valence electrons. The topological polar surface area (TPSA) is 96.8 Å². The van der Waals surface area contributed by atoms with Crippen molar-refractivity contribution in [3.05, 3.63) is 45.1 Å². The molecule has 1 amide bonds. The predicted molar refractivity (Wildman–Crippen MR) is 97.1 cm³/mol. The van der Waals surface area contributed by atoms with E-state index >= 15 is 0 Å². The van der Waals surface area contributed by atoms with Crippen LogP contribution in [0.15, 0.2) is 17.1 Å². The van der Waals surface area contributed by atoms with Crippen LogP contribution in [0.25, 0.3) is 0 Å². The fraction of sp³-hybridized carbons (Fsp3) is 0.500. The summed E-state index contributed by atoms with van der Waals surface area (Å²) in [6, 6.07) is 2.16. The first-order valence-electron chi connectivity index (χ1n) is 9.18. The fourth-order valence-corrected chi connectivity index (χ4v) is 4.07. The van der Waals surface area contributed by atoms with E-state index in [4.69, 9.17) is 11.6 Å². The molecule has 2 aliphatic heterocycles. The summed E-state index contributed by atoms with van der Waals surface area (Å²) in [5.41, 5.74) is -0.425. The van der Waals surface area contributed by atoms with Crippen molar-refractivity contribution in [2.24, 2.45) is 0 Å². The minimum atomic E-state index is -0.679. The third kappa shape index (κ3) is 3.18. The minimum absolute atomic E-state index is 0.0499. The maximum Gasteiger partial charge on any atom is 0.347 e. The van der Waals surface area contributed by atoms with Crippen molar-refractivity contribution in [2.75, 3.05) is 6.54 Å². The summed E-state index contributed by atoms with van der Waals surface area (Å²) in [4.78, 5) is 31.5. The highest BCUT2D eigenvalue weighted by Gasteiger charge is 2.37. The number of aromatic nitrogens is 4. The fourth-order valence-electron chi connectivity index (χ4n) is 3.93. The monoisotopic (exact) mass is 404 g/mol. The lowest BCUT2D eigenvalue weighted by molar-refractivity contribution is -0.135. The number of hydrogen-bond donors (Lipinski definition) is 0. The van der Waals surface area contributed by atoms with Crippen molar-refractivity contribution in [3.8, 4) is 6.07 Å². The number of fused-ring (bicyclic) bond motifs is 1. The molecular formula is C18H18ClFN6O2. The zero-order valence-corrected chi connectivity index (χ0v) is 15.8. The van der Waals surface area contributed by atoms with Gasteiger partial charge in [0.2, 0.25) is 5.91 Å². The van der Waals surface area contributed by atoms with Crippen LogP contribution in [0.3, 0.4) is 0 Å². The van der Waals surface area contributed by atoms with Crippen molar-refractivity contribution >= 4 is 17.5 Å². The Kier molecular flexibility index (Phi) is 4.89. The molecule has 0 saturated carbocycles. The Morgan fingerprint density at radius 3 is 2.96 bits per heavy atom. The Morgan fingerprint density at radius 2 is 2.21 bits per heavy atom. The van der Waals surface area contributed by atoms with Gasteiger partial charge in [-0.3, -0.25) is 14.3 Å². The lowest BCUT2D eigenvalue weighted by Crippen LogP contribution is -2.44. The van der Waals surface area contributed by atoms with Gasteiger partial charge in [0.25, 0.3) is 0 Å². The largest absolute Gasteiger partial charge is 0.347 e. The highest BCUT2D eigenvalue weighted by Crippen LogP contribution is 2.27. The number of aryl methyl sites for hydroxylation is 1. The summed E-state index contributed by atoms with van der Waals surface area (Å²) in [5, 5.41) is 13.7. The van der Waals surface area contributed by atoms with Gasteiger partial charge >= 0.3 is 5.69 Å². The highest BCUT2D eigenvalue weighted by atomic mass is 35.5. The summed E-state index contributed by atoms with van der Waals surface area (Å²) in [6.45, 7) is 0.374. The maximum absolute atomic E-state index is 14.1. The van der Waals surface area contributed by atoms with Gasteiger partial charge in [0, 0.05) is 19.2 Å². The Balaban J connectivity index is 1.66. The molecule has 8 nitrogen and oxygen atoms in total. The average Bonchev–Trinajstić information content (AvgIpc) is 3.28. The van der Waals surface area contributed by atoms with Gasteiger partial charge in [-0.25, -0.2) is 13.9 Å². The number of amides is 1. The summed E-state index contributed by atoms with van der Waals surface area (Å²) < 4.78 is 16.6. The number of hydrogen-bond acceptors (Lipinski definition) is 5. The smallest absolute Gasteiger partial charge is 0.325 e. The van der Waals surface area contributed by atoms with Crippen LogP contribution in [0, 0.1) is 17.1 Å². The quantitative estimate of drug-likeness (QED) is 0.775. The Morgan fingerprint density at radius 1 is 1.39 bits per heavy atom. The van der Waals surface area contributed by atoms with Crippen LogP contribution < -0.4 is 5.69 Å². The van der Waals surface area contributed by atoms with Gasteiger partial charge in [-0.2, -0.15) is 10.4 Å². The van der Waals surface area contributed by atoms with Crippen molar-refractivity contribution < 1.29 is 9.18 Å². The third-order valence-corrected chi connectivity index (χ3v) is 5.49. The molecule has 4 rings (SSSR count). The molecule has 2 aliphatic rings. The third-order valence-electron chi connectivity index (χ3n) is 5.28. The standard InChI is InChI=1S/C18H18ClFN6O2/c19-11-7-13(20)14(22-9-11)10-25-18(28)26-15(4-1-5-16(26)23-25)17(27)24-6-2-3-12(24)8-21/h7,9,12,15H,1-6,10H2/t12-,15-/m0/s1. The van der Waals surface area contributed by atoms with E-state index in [1.807, 2.05) is 0 Å². The van der Waals surface area contributed by atoms with Crippen molar-refractivity contribution in [2.45, 2.75) is 50.7 Å². The lowest BCUT2D eigenvalue weighted by Gasteiger charge is -2.28. The maximum atomic E-state index is 14.1. The number of nitriles is 1. The number of nitrogens with zero attached hydrogens (tertiary/aromatic N) is 6. The SMILES string of the molecule is N#C[C@@H]1CCCN1C(=O)[C@@H]1CCCc2nn(Cc3ncc(Cl)cc3F)c(=O)n21. The van der Waals surface area contributed by atoms with Crippen molar-refractivity contribution in [3.63, 3.8) is 0 Å². The summed E-state index contributed by atoms with van der Waals surface area (Å²) >= 11 is 5.72. The summed E-state index contributed by atoms with van der Waals surface area (Å²) in [7, 11) is 0. The van der Waals surface area contributed by atoms with E-state index in [0.29, 0.717) is 38.1 Å². The normalized spacial score (nSPS) is 21.4. The van der Waals surface area contributed by atoms with Gasteiger partial charge in [-0.1, -0.05) is 11.6 Å². The van der Waals surface area contributed by atoms with Crippen LogP contribution in [0.5, 0.6) is 0 Å². The predicted octanol–water partition coefficient (Wildman–Crippen LogP) is 1.67. The van der Waals surface area contributed by atoms with Crippen molar-refractivity contribution in [1.82, 2.24) is 24.2 Å². The molecule has 0 bridgehead atoms. The van der Waals surface area contributed by atoms with Crippen LogP contribution in [0.4, 0.5) is 4.39 Å².